The van der Waals surface area contributed by atoms with Crippen LogP contribution in [0, 0.1) is 6.92 Å². The molecule has 4 nitrogen and oxygen atoms in total. The summed E-state index contributed by atoms with van der Waals surface area (Å²) in [5, 5.41) is 6.91. The van der Waals surface area contributed by atoms with Crippen molar-refractivity contribution in [2.45, 2.75) is 23.5 Å². The highest BCUT2D eigenvalue weighted by Gasteiger charge is 2.28. The van der Waals surface area contributed by atoms with Crippen LogP contribution in [0.25, 0.3) is 0 Å². The zero-order valence-corrected chi connectivity index (χ0v) is 11.7. The van der Waals surface area contributed by atoms with Crippen molar-refractivity contribution in [2.75, 3.05) is 5.32 Å². The first-order valence-corrected chi connectivity index (χ1v) is 7.05. The van der Waals surface area contributed by atoms with Gasteiger partial charge in [-0.25, -0.2) is 0 Å². The molecule has 0 bridgehead atoms. The second-order valence-electron chi connectivity index (χ2n) is 4.81. The largest absolute Gasteiger partial charge is 0.322 e. The van der Waals surface area contributed by atoms with Gasteiger partial charge in [0.2, 0.25) is 5.91 Å². The number of amides is 1. The second kappa shape index (κ2) is 4.74. The van der Waals surface area contributed by atoms with Gasteiger partial charge in [0.15, 0.2) is 0 Å². The lowest BCUT2D eigenvalue weighted by Gasteiger charge is -2.07. The fraction of sp³-hybridized carbons (Fsp3) is 0.286. The number of aryl methyl sites for hydroxylation is 2. The van der Waals surface area contributed by atoms with E-state index in [4.69, 9.17) is 0 Å². The van der Waals surface area contributed by atoms with E-state index in [9.17, 15) is 4.79 Å². The van der Waals surface area contributed by atoms with Crippen LogP contribution in [0.5, 0.6) is 0 Å². The zero-order valence-electron chi connectivity index (χ0n) is 10.9. The summed E-state index contributed by atoms with van der Waals surface area (Å²) >= 11 is 1.65. The summed E-state index contributed by atoms with van der Waals surface area (Å²) in [6, 6.07) is 6.37. The molecule has 2 aromatic rings. The SMILES string of the molecule is Cc1ccc2c(c1)SC(C(=O)Nc1cnn(C)c1)C2. The maximum absolute atomic E-state index is 12.2. The van der Waals surface area contributed by atoms with E-state index in [-0.39, 0.29) is 11.2 Å². The van der Waals surface area contributed by atoms with Gasteiger partial charge in [-0.1, -0.05) is 17.7 Å². The van der Waals surface area contributed by atoms with Crippen LogP contribution >= 0.6 is 11.8 Å². The standard InChI is InChI=1S/C14H15N3OS/c1-9-3-4-10-6-13(19-12(10)5-9)14(18)16-11-7-15-17(2)8-11/h3-5,7-8,13H,6H2,1-2H3,(H,16,18). The summed E-state index contributed by atoms with van der Waals surface area (Å²) in [7, 11) is 1.83. The van der Waals surface area contributed by atoms with Gasteiger partial charge in [0, 0.05) is 18.1 Å². The lowest BCUT2D eigenvalue weighted by molar-refractivity contribution is -0.115. The number of rotatable bonds is 2. The Labute approximate surface area is 116 Å². The molecule has 1 N–H and O–H groups in total. The van der Waals surface area contributed by atoms with E-state index >= 15 is 0 Å². The van der Waals surface area contributed by atoms with Gasteiger partial charge in [-0.15, -0.1) is 11.8 Å². The smallest absolute Gasteiger partial charge is 0.238 e. The Balaban J connectivity index is 1.70. The first-order valence-electron chi connectivity index (χ1n) is 6.17. The van der Waals surface area contributed by atoms with Gasteiger partial charge in [0.25, 0.3) is 0 Å². The highest BCUT2D eigenvalue weighted by Crippen LogP contribution is 2.37. The third-order valence-electron chi connectivity index (χ3n) is 3.16. The molecule has 0 aliphatic carbocycles. The molecular weight excluding hydrogens is 258 g/mol. The fourth-order valence-electron chi connectivity index (χ4n) is 2.19. The van der Waals surface area contributed by atoms with Gasteiger partial charge >= 0.3 is 0 Å². The number of fused-ring (bicyclic) bond motifs is 1. The Morgan fingerprint density at radius 3 is 3.11 bits per heavy atom. The minimum Gasteiger partial charge on any atom is -0.322 e. The van der Waals surface area contributed by atoms with Crippen LogP contribution in [0.15, 0.2) is 35.5 Å². The van der Waals surface area contributed by atoms with E-state index in [0.717, 1.165) is 12.1 Å². The lowest BCUT2D eigenvalue weighted by atomic mass is 10.1. The van der Waals surface area contributed by atoms with E-state index in [1.54, 1.807) is 28.8 Å². The Morgan fingerprint density at radius 1 is 1.53 bits per heavy atom. The molecule has 1 aromatic heterocycles. The summed E-state index contributed by atoms with van der Waals surface area (Å²) in [6.45, 7) is 2.07. The fourth-order valence-corrected chi connectivity index (χ4v) is 3.48. The van der Waals surface area contributed by atoms with Crippen molar-refractivity contribution >= 4 is 23.4 Å². The van der Waals surface area contributed by atoms with Crippen LogP contribution in [-0.2, 0) is 18.3 Å². The first kappa shape index (κ1) is 12.3. The molecule has 2 heterocycles. The predicted molar refractivity (Wildman–Crippen MR) is 76.4 cm³/mol. The monoisotopic (exact) mass is 273 g/mol. The first-order chi connectivity index (χ1) is 9.11. The summed E-state index contributed by atoms with van der Waals surface area (Å²) < 4.78 is 1.68. The molecule has 1 aliphatic heterocycles. The molecule has 0 spiro atoms. The summed E-state index contributed by atoms with van der Waals surface area (Å²) in [6.07, 6.45) is 4.26. The van der Waals surface area contributed by atoms with Crippen molar-refractivity contribution in [1.29, 1.82) is 0 Å². The Hall–Kier alpha value is -1.75. The molecule has 0 saturated carbocycles. The van der Waals surface area contributed by atoms with Crippen LogP contribution in [0.4, 0.5) is 5.69 Å². The highest BCUT2D eigenvalue weighted by molar-refractivity contribution is 8.01. The van der Waals surface area contributed by atoms with Crippen molar-refractivity contribution < 1.29 is 4.79 Å². The van der Waals surface area contributed by atoms with E-state index in [1.807, 2.05) is 7.05 Å². The predicted octanol–water partition coefficient (Wildman–Crippen LogP) is 2.38. The number of thioether (sulfide) groups is 1. The Bertz CT molecular complexity index is 635. The quantitative estimate of drug-likeness (QED) is 0.914. The minimum atomic E-state index is -0.0444. The van der Waals surface area contributed by atoms with Gasteiger partial charge < -0.3 is 5.32 Å². The van der Waals surface area contributed by atoms with Crippen LogP contribution in [0.1, 0.15) is 11.1 Å². The molecule has 0 saturated heterocycles. The average molecular weight is 273 g/mol. The maximum Gasteiger partial charge on any atom is 0.238 e. The molecule has 98 valence electrons. The number of hydrogen-bond donors (Lipinski definition) is 1. The molecule has 5 heteroatoms. The molecule has 1 aromatic carbocycles. The van der Waals surface area contributed by atoms with Gasteiger partial charge in [0.1, 0.15) is 0 Å². The van der Waals surface area contributed by atoms with Gasteiger partial charge in [-0.2, -0.15) is 5.10 Å². The van der Waals surface area contributed by atoms with E-state index in [0.29, 0.717) is 0 Å². The number of benzene rings is 1. The highest BCUT2D eigenvalue weighted by atomic mass is 32.2. The topological polar surface area (TPSA) is 46.9 Å². The number of nitrogens with one attached hydrogen (secondary N) is 1. The number of carbonyl (C=O) groups excluding carboxylic acids is 1. The van der Waals surface area contributed by atoms with E-state index < -0.39 is 0 Å². The zero-order chi connectivity index (χ0) is 13.4. The minimum absolute atomic E-state index is 0.0444. The number of nitrogens with zero attached hydrogens (tertiary/aromatic N) is 2. The average Bonchev–Trinajstić information content (AvgIpc) is 2.95. The maximum atomic E-state index is 12.2. The Morgan fingerprint density at radius 2 is 2.37 bits per heavy atom. The second-order valence-corrected chi connectivity index (χ2v) is 6.06. The number of carbonyl (C=O) groups is 1. The van der Waals surface area contributed by atoms with Crippen molar-refractivity contribution in [3.8, 4) is 0 Å². The van der Waals surface area contributed by atoms with Gasteiger partial charge in [-0.3, -0.25) is 9.48 Å². The summed E-state index contributed by atoms with van der Waals surface area (Å²) in [4.78, 5) is 13.4. The van der Waals surface area contributed by atoms with Crippen molar-refractivity contribution in [3.05, 3.63) is 41.7 Å². The molecule has 1 amide bonds. The van der Waals surface area contributed by atoms with E-state index in [2.05, 4.69) is 35.5 Å². The number of aromatic nitrogens is 2. The molecule has 1 unspecified atom stereocenters. The molecule has 3 rings (SSSR count). The normalized spacial score (nSPS) is 17.3. The van der Waals surface area contributed by atoms with Gasteiger partial charge in [-0.05, 0) is 25.0 Å². The van der Waals surface area contributed by atoms with Crippen LogP contribution < -0.4 is 5.32 Å². The van der Waals surface area contributed by atoms with Crippen LogP contribution in [0.3, 0.4) is 0 Å². The molecule has 0 radical (unpaired) electrons. The number of hydrogen-bond acceptors (Lipinski definition) is 3. The third kappa shape index (κ3) is 2.51. The molecule has 0 fully saturated rings. The lowest BCUT2D eigenvalue weighted by Crippen LogP contribution is -2.24. The molecule has 19 heavy (non-hydrogen) atoms. The summed E-state index contributed by atoms with van der Waals surface area (Å²) in [5.41, 5.74) is 3.25. The Kier molecular flexibility index (Phi) is 3.06. The van der Waals surface area contributed by atoms with Crippen molar-refractivity contribution in [2.24, 2.45) is 7.05 Å². The molecule has 1 atom stereocenters. The van der Waals surface area contributed by atoms with Crippen LogP contribution in [0.2, 0.25) is 0 Å². The van der Waals surface area contributed by atoms with E-state index in [1.165, 1.54) is 16.0 Å². The molecule has 1 aliphatic rings. The summed E-state index contributed by atoms with van der Waals surface area (Å²) in [5.74, 6) is 0.0480. The number of anilines is 1. The molecular formula is C14H15N3OS. The van der Waals surface area contributed by atoms with Crippen molar-refractivity contribution in [1.82, 2.24) is 9.78 Å². The van der Waals surface area contributed by atoms with Crippen LogP contribution in [-0.4, -0.2) is 20.9 Å². The van der Waals surface area contributed by atoms with Crippen molar-refractivity contribution in [3.63, 3.8) is 0 Å². The third-order valence-corrected chi connectivity index (χ3v) is 4.46. The van der Waals surface area contributed by atoms with Gasteiger partial charge in [0.05, 0.1) is 17.1 Å².